The third kappa shape index (κ3) is 6.22. The van der Waals surface area contributed by atoms with Crippen LogP contribution in [0.3, 0.4) is 0 Å². The van der Waals surface area contributed by atoms with Crippen molar-refractivity contribution in [2.45, 2.75) is 58.9 Å². The SMILES string of the molecule is CCCCNC(=S)NNC(=S)N[C@@H]1CCC[C@H](C)[C@@H]1C. The summed E-state index contributed by atoms with van der Waals surface area (Å²) < 4.78 is 0. The molecule has 0 aliphatic heterocycles. The van der Waals surface area contributed by atoms with Crippen LogP contribution < -0.4 is 21.5 Å². The minimum absolute atomic E-state index is 0.460. The lowest BCUT2D eigenvalue weighted by Gasteiger charge is -2.35. The number of nitrogens with one attached hydrogen (secondary N) is 4. The molecule has 0 heterocycles. The van der Waals surface area contributed by atoms with E-state index in [2.05, 4.69) is 42.3 Å². The molecule has 0 aromatic carbocycles. The summed E-state index contributed by atoms with van der Waals surface area (Å²) in [4.78, 5) is 0. The van der Waals surface area contributed by atoms with E-state index in [0.717, 1.165) is 25.3 Å². The Morgan fingerprint density at radius 2 is 1.80 bits per heavy atom. The van der Waals surface area contributed by atoms with Crippen LogP contribution >= 0.6 is 24.4 Å². The van der Waals surface area contributed by atoms with Gasteiger partial charge in [-0.05, 0) is 49.1 Å². The highest BCUT2D eigenvalue weighted by Gasteiger charge is 2.27. The second kappa shape index (κ2) is 9.34. The van der Waals surface area contributed by atoms with E-state index in [4.69, 9.17) is 24.4 Å². The maximum Gasteiger partial charge on any atom is 0.185 e. The van der Waals surface area contributed by atoms with Gasteiger partial charge in [0.25, 0.3) is 0 Å². The summed E-state index contributed by atoms with van der Waals surface area (Å²) in [6.45, 7) is 7.66. The molecule has 0 spiro atoms. The first-order valence-corrected chi connectivity index (χ1v) is 8.46. The quantitative estimate of drug-likeness (QED) is 0.363. The third-order valence-electron chi connectivity index (χ3n) is 4.13. The smallest absolute Gasteiger partial charge is 0.185 e. The molecule has 0 radical (unpaired) electrons. The lowest BCUT2D eigenvalue weighted by atomic mass is 9.78. The van der Waals surface area contributed by atoms with E-state index >= 15 is 0 Å². The Morgan fingerprint density at radius 3 is 2.50 bits per heavy atom. The fraction of sp³-hybridized carbons (Fsp3) is 0.857. The number of hydrogen-bond acceptors (Lipinski definition) is 2. The molecule has 1 rings (SSSR count). The largest absolute Gasteiger partial charge is 0.361 e. The summed E-state index contributed by atoms with van der Waals surface area (Å²) in [7, 11) is 0. The Kier molecular flexibility index (Phi) is 8.14. The van der Waals surface area contributed by atoms with E-state index in [-0.39, 0.29) is 0 Å². The fourth-order valence-electron chi connectivity index (χ4n) is 2.53. The lowest BCUT2D eigenvalue weighted by Crippen LogP contribution is -2.54. The maximum atomic E-state index is 5.31. The Hall–Kier alpha value is -0.620. The first kappa shape index (κ1) is 17.4. The number of hydrogen-bond donors (Lipinski definition) is 4. The van der Waals surface area contributed by atoms with Crippen LogP contribution in [-0.2, 0) is 0 Å². The zero-order chi connectivity index (χ0) is 15.0. The molecule has 0 saturated heterocycles. The van der Waals surface area contributed by atoms with Gasteiger partial charge in [-0.15, -0.1) is 0 Å². The van der Waals surface area contributed by atoms with Gasteiger partial charge in [0.2, 0.25) is 0 Å². The van der Waals surface area contributed by atoms with Crippen LogP contribution in [0.4, 0.5) is 0 Å². The van der Waals surface area contributed by atoms with Gasteiger partial charge in [-0.3, -0.25) is 10.9 Å². The van der Waals surface area contributed by atoms with E-state index in [1.54, 1.807) is 0 Å². The van der Waals surface area contributed by atoms with Crippen molar-refractivity contribution in [1.82, 2.24) is 21.5 Å². The molecule has 1 fully saturated rings. The molecule has 116 valence electrons. The molecule has 0 amide bonds. The highest BCUT2D eigenvalue weighted by molar-refractivity contribution is 7.80. The monoisotopic (exact) mass is 316 g/mol. The van der Waals surface area contributed by atoms with Crippen molar-refractivity contribution in [3.63, 3.8) is 0 Å². The lowest BCUT2D eigenvalue weighted by molar-refractivity contribution is 0.224. The number of unbranched alkanes of at least 4 members (excludes halogenated alkanes) is 1. The van der Waals surface area contributed by atoms with Crippen molar-refractivity contribution in [2.75, 3.05) is 6.54 Å². The molecule has 1 saturated carbocycles. The topological polar surface area (TPSA) is 48.1 Å². The summed E-state index contributed by atoms with van der Waals surface area (Å²) >= 11 is 10.5. The molecule has 0 bridgehead atoms. The first-order valence-electron chi connectivity index (χ1n) is 7.65. The van der Waals surface area contributed by atoms with E-state index in [9.17, 15) is 0 Å². The van der Waals surface area contributed by atoms with Crippen LogP contribution in [0.5, 0.6) is 0 Å². The highest BCUT2D eigenvalue weighted by Crippen LogP contribution is 2.29. The molecular weight excluding hydrogens is 288 g/mol. The number of rotatable bonds is 4. The summed E-state index contributed by atoms with van der Waals surface area (Å²) in [5, 5.41) is 7.73. The van der Waals surface area contributed by atoms with Gasteiger partial charge in [0, 0.05) is 12.6 Å². The fourth-order valence-corrected chi connectivity index (χ4v) is 2.88. The minimum Gasteiger partial charge on any atom is -0.361 e. The van der Waals surface area contributed by atoms with Crippen molar-refractivity contribution >= 4 is 34.7 Å². The molecule has 0 unspecified atom stereocenters. The number of hydrazine groups is 1. The third-order valence-corrected chi connectivity index (χ3v) is 4.60. The summed E-state index contributed by atoms with van der Waals surface area (Å²) in [6, 6.07) is 0.460. The second-order valence-corrected chi connectivity index (χ2v) is 6.52. The predicted octanol–water partition coefficient (Wildman–Crippen LogP) is 2.45. The van der Waals surface area contributed by atoms with Gasteiger partial charge in [-0.25, -0.2) is 0 Å². The van der Waals surface area contributed by atoms with Gasteiger partial charge in [0.05, 0.1) is 0 Å². The maximum absolute atomic E-state index is 5.31. The average molecular weight is 317 g/mol. The molecule has 1 aliphatic carbocycles. The molecule has 4 nitrogen and oxygen atoms in total. The van der Waals surface area contributed by atoms with Crippen LogP contribution in [-0.4, -0.2) is 22.8 Å². The Balaban J connectivity index is 2.21. The van der Waals surface area contributed by atoms with Crippen molar-refractivity contribution in [3.8, 4) is 0 Å². The summed E-state index contributed by atoms with van der Waals surface area (Å²) in [5.74, 6) is 1.41. The van der Waals surface area contributed by atoms with Crippen LogP contribution in [0.2, 0.25) is 0 Å². The van der Waals surface area contributed by atoms with Gasteiger partial charge < -0.3 is 10.6 Å². The van der Waals surface area contributed by atoms with Crippen LogP contribution in [0.25, 0.3) is 0 Å². The molecule has 4 N–H and O–H groups in total. The predicted molar refractivity (Wildman–Crippen MR) is 93.5 cm³/mol. The van der Waals surface area contributed by atoms with E-state index < -0.39 is 0 Å². The number of thiocarbonyl (C=S) groups is 2. The highest BCUT2D eigenvalue weighted by atomic mass is 32.1. The van der Waals surface area contributed by atoms with Crippen LogP contribution in [0.1, 0.15) is 52.9 Å². The van der Waals surface area contributed by atoms with Crippen molar-refractivity contribution in [1.29, 1.82) is 0 Å². The first-order chi connectivity index (χ1) is 9.54. The molecule has 6 heteroatoms. The van der Waals surface area contributed by atoms with Gasteiger partial charge in [0.1, 0.15) is 0 Å². The zero-order valence-corrected chi connectivity index (χ0v) is 14.4. The molecule has 20 heavy (non-hydrogen) atoms. The summed E-state index contributed by atoms with van der Waals surface area (Å²) in [6.07, 6.45) is 6.05. The Morgan fingerprint density at radius 1 is 1.10 bits per heavy atom. The van der Waals surface area contributed by atoms with E-state index in [0.29, 0.717) is 22.2 Å². The van der Waals surface area contributed by atoms with Crippen LogP contribution in [0, 0.1) is 11.8 Å². The van der Waals surface area contributed by atoms with Gasteiger partial charge in [0.15, 0.2) is 10.2 Å². The van der Waals surface area contributed by atoms with E-state index in [1.807, 2.05) is 0 Å². The van der Waals surface area contributed by atoms with E-state index in [1.165, 1.54) is 19.3 Å². The van der Waals surface area contributed by atoms with Crippen molar-refractivity contribution in [3.05, 3.63) is 0 Å². The Bertz CT molecular complexity index is 322. The van der Waals surface area contributed by atoms with Crippen LogP contribution in [0.15, 0.2) is 0 Å². The molecule has 0 aromatic heterocycles. The zero-order valence-electron chi connectivity index (χ0n) is 12.8. The minimum atomic E-state index is 0.460. The Labute approximate surface area is 133 Å². The molecule has 3 atom stereocenters. The van der Waals surface area contributed by atoms with Crippen molar-refractivity contribution in [2.24, 2.45) is 11.8 Å². The second-order valence-electron chi connectivity index (χ2n) is 5.71. The molecular formula is C14H28N4S2. The van der Waals surface area contributed by atoms with Crippen molar-refractivity contribution < 1.29 is 0 Å². The van der Waals surface area contributed by atoms with Gasteiger partial charge >= 0.3 is 0 Å². The normalized spacial score (nSPS) is 25.6. The summed E-state index contributed by atoms with van der Waals surface area (Å²) in [5.41, 5.74) is 5.88. The molecule has 0 aromatic rings. The van der Waals surface area contributed by atoms with Gasteiger partial charge in [-0.1, -0.05) is 40.0 Å². The standard InChI is InChI=1S/C14H28N4S2/c1-4-5-9-15-13(19)17-18-14(20)16-12-8-6-7-10(2)11(12)3/h10-12H,4-9H2,1-3H3,(H2,15,17,19)(H2,16,18,20)/t10-,11-,12+/m0/s1. The molecule has 1 aliphatic rings. The van der Waals surface area contributed by atoms with Gasteiger partial charge in [-0.2, -0.15) is 0 Å². The average Bonchev–Trinajstić information content (AvgIpc) is 2.42.